The van der Waals surface area contributed by atoms with E-state index in [-0.39, 0.29) is 28.9 Å². The van der Waals surface area contributed by atoms with Crippen LogP contribution in [0.15, 0.2) is 24.3 Å². The molecule has 2 aromatic rings. The first-order valence-corrected chi connectivity index (χ1v) is 11.5. The number of benzene rings is 2. The maximum absolute atomic E-state index is 13.4. The number of phenols is 1. The van der Waals surface area contributed by atoms with Gasteiger partial charge in [0.2, 0.25) is 0 Å². The van der Waals surface area contributed by atoms with Crippen molar-refractivity contribution in [3.05, 3.63) is 52.1 Å². The van der Waals surface area contributed by atoms with Gasteiger partial charge in [-0.15, -0.1) is 0 Å². The van der Waals surface area contributed by atoms with Crippen LogP contribution >= 0.6 is 0 Å². The second-order valence-electron chi connectivity index (χ2n) is 11.1. The predicted molar refractivity (Wildman–Crippen MR) is 129 cm³/mol. The van der Waals surface area contributed by atoms with E-state index in [1.54, 1.807) is 4.90 Å². The van der Waals surface area contributed by atoms with E-state index in [1.807, 2.05) is 65.8 Å². The number of hydrogen-bond acceptors (Lipinski definition) is 5. The van der Waals surface area contributed by atoms with Gasteiger partial charge >= 0.3 is 0 Å². The molecule has 2 aliphatic rings. The number of rotatable bonds is 3. The number of ether oxygens (including phenoxy) is 2. The van der Waals surface area contributed by atoms with Gasteiger partial charge in [-0.25, -0.2) is 0 Å². The number of fused-ring (bicyclic) bond motifs is 2. The number of hydrogen-bond donors (Lipinski definition) is 2. The highest BCUT2D eigenvalue weighted by molar-refractivity contribution is 6.05. The lowest BCUT2D eigenvalue weighted by Crippen LogP contribution is -2.30. The Morgan fingerprint density at radius 3 is 2.06 bits per heavy atom. The van der Waals surface area contributed by atoms with Gasteiger partial charge in [0.05, 0.1) is 19.8 Å². The van der Waals surface area contributed by atoms with Gasteiger partial charge in [-0.2, -0.15) is 0 Å². The van der Waals surface area contributed by atoms with E-state index in [0.29, 0.717) is 42.7 Å². The van der Waals surface area contributed by atoms with Crippen LogP contribution in [0.4, 0.5) is 0 Å². The topological polar surface area (TPSA) is 82.9 Å². The van der Waals surface area contributed by atoms with Crippen LogP contribution < -0.4 is 9.47 Å². The SMILES string of the molecule is CC(C)(C)c1cc(C(=O)CN2Cc3cc4c(cc3C2=N)OCCCO4)cc(C(C)(C)C)c1O. The van der Waals surface area contributed by atoms with E-state index >= 15 is 0 Å². The van der Waals surface area contributed by atoms with E-state index in [4.69, 9.17) is 14.9 Å². The fourth-order valence-corrected chi connectivity index (χ4v) is 4.40. The first-order chi connectivity index (χ1) is 15.4. The molecule has 0 saturated heterocycles. The summed E-state index contributed by atoms with van der Waals surface area (Å²) in [7, 11) is 0. The summed E-state index contributed by atoms with van der Waals surface area (Å²) >= 11 is 0. The zero-order chi connectivity index (χ0) is 24.1. The van der Waals surface area contributed by atoms with Crippen molar-refractivity contribution < 1.29 is 19.4 Å². The number of phenolic OH excluding ortho intramolecular Hbond substituents is 1. The molecule has 6 heteroatoms. The number of ketones is 1. The highest BCUT2D eigenvalue weighted by Gasteiger charge is 2.31. The summed E-state index contributed by atoms with van der Waals surface area (Å²) in [6.45, 7) is 14.0. The van der Waals surface area contributed by atoms with Crippen LogP contribution in [0.3, 0.4) is 0 Å². The highest BCUT2D eigenvalue weighted by atomic mass is 16.5. The molecule has 4 rings (SSSR count). The number of aromatic hydroxyl groups is 1. The van der Waals surface area contributed by atoms with Crippen molar-refractivity contribution >= 4 is 11.6 Å². The van der Waals surface area contributed by atoms with Crippen molar-refractivity contribution in [1.82, 2.24) is 4.90 Å². The third-order valence-electron chi connectivity index (χ3n) is 6.29. The molecular weight excluding hydrogens is 416 g/mol. The lowest BCUT2D eigenvalue weighted by atomic mass is 9.78. The number of carbonyl (C=O) groups excluding carboxylic acids is 1. The van der Waals surface area contributed by atoms with E-state index in [9.17, 15) is 9.90 Å². The molecular formula is C27H34N2O4. The smallest absolute Gasteiger partial charge is 0.182 e. The molecule has 0 fully saturated rings. The maximum Gasteiger partial charge on any atom is 0.182 e. The van der Waals surface area contributed by atoms with Crippen LogP contribution in [0.25, 0.3) is 0 Å². The lowest BCUT2D eigenvalue weighted by molar-refractivity contribution is 0.0962. The summed E-state index contributed by atoms with van der Waals surface area (Å²) in [4.78, 5) is 15.2. The first-order valence-electron chi connectivity index (χ1n) is 11.5. The molecule has 0 spiro atoms. The monoisotopic (exact) mass is 450 g/mol. The molecule has 0 saturated carbocycles. The number of amidine groups is 1. The zero-order valence-corrected chi connectivity index (χ0v) is 20.5. The minimum Gasteiger partial charge on any atom is -0.507 e. The second-order valence-corrected chi connectivity index (χ2v) is 11.1. The van der Waals surface area contributed by atoms with Crippen LogP contribution in [-0.4, -0.2) is 41.4 Å². The Hall–Kier alpha value is -3.02. The zero-order valence-electron chi connectivity index (χ0n) is 20.5. The van der Waals surface area contributed by atoms with Crippen molar-refractivity contribution in [2.75, 3.05) is 19.8 Å². The number of nitrogens with zero attached hydrogens (tertiary/aromatic N) is 1. The molecule has 6 nitrogen and oxygen atoms in total. The predicted octanol–water partition coefficient (Wildman–Crippen LogP) is 5.17. The van der Waals surface area contributed by atoms with Crippen molar-refractivity contribution in [1.29, 1.82) is 5.41 Å². The first kappa shape index (κ1) is 23.1. The average molecular weight is 451 g/mol. The summed E-state index contributed by atoms with van der Waals surface area (Å²) in [6.07, 6.45) is 0.831. The molecule has 0 unspecified atom stereocenters. The molecule has 0 atom stereocenters. The normalized spacial score (nSPS) is 15.9. The Morgan fingerprint density at radius 2 is 1.52 bits per heavy atom. The van der Waals surface area contributed by atoms with Crippen LogP contribution in [-0.2, 0) is 17.4 Å². The van der Waals surface area contributed by atoms with Gasteiger partial charge in [0.25, 0.3) is 0 Å². The Morgan fingerprint density at radius 1 is 0.970 bits per heavy atom. The Labute approximate surface area is 196 Å². The van der Waals surface area contributed by atoms with Crippen LogP contribution in [0, 0.1) is 5.41 Å². The maximum atomic E-state index is 13.4. The highest BCUT2D eigenvalue weighted by Crippen LogP contribution is 2.40. The number of Topliss-reactive ketones (excluding diaryl/α,β-unsaturated/α-hetero) is 1. The summed E-state index contributed by atoms with van der Waals surface area (Å²) < 4.78 is 11.6. The van der Waals surface area contributed by atoms with Crippen molar-refractivity contribution in [3.63, 3.8) is 0 Å². The van der Waals surface area contributed by atoms with E-state index in [1.165, 1.54) is 0 Å². The Kier molecular flexibility index (Phi) is 5.67. The van der Waals surface area contributed by atoms with Gasteiger partial charge in [0.1, 0.15) is 11.6 Å². The molecule has 0 aliphatic carbocycles. The fourth-order valence-electron chi connectivity index (χ4n) is 4.40. The van der Waals surface area contributed by atoms with Crippen molar-refractivity contribution in [3.8, 4) is 17.2 Å². The van der Waals surface area contributed by atoms with Gasteiger partial charge in [-0.05, 0) is 40.7 Å². The van der Waals surface area contributed by atoms with E-state index in [2.05, 4.69) is 0 Å². The molecule has 2 heterocycles. The Balaban J connectivity index is 1.63. The van der Waals surface area contributed by atoms with Crippen molar-refractivity contribution in [2.45, 2.75) is 65.3 Å². The molecule has 0 aromatic heterocycles. The summed E-state index contributed by atoms with van der Waals surface area (Å²) in [5.41, 5.74) is 3.21. The lowest BCUT2D eigenvalue weighted by Gasteiger charge is -2.28. The summed E-state index contributed by atoms with van der Waals surface area (Å²) in [5, 5.41) is 19.6. The Bertz CT molecular complexity index is 1090. The van der Waals surface area contributed by atoms with E-state index < -0.39 is 0 Å². The molecule has 2 aliphatic heterocycles. The second kappa shape index (κ2) is 8.08. The van der Waals surface area contributed by atoms with Crippen molar-refractivity contribution in [2.24, 2.45) is 0 Å². The third-order valence-corrected chi connectivity index (χ3v) is 6.29. The van der Waals surface area contributed by atoms with Crippen LogP contribution in [0.5, 0.6) is 17.2 Å². The molecule has 176 valence electrons. The van der Waals surface area contributed by atoms with Gasteiger partial charge in [0.15, 0.2) is 17.3 Å². The van der Waals surface area contributed by atoms with Crippen LogP contribution in [0.2, 0.25) is 0 Å². The third kappa shape index (κ3) is 4.43. The fraction of sp³-hybridized carbons (Fsp3) is 0.481. The van der Waals surface area contributed by atoms with Gasteiger partial charge in [0, 0.05) is 35.2 Å². The van der Waals surface area contributed by atoms with Gasteiger partial charge in [-0.3, -0.25) is 10.2 Å². The average Bonchev–Trinajstić information content (AvgIpc) is 2.87. The molecule has 2 N–H and O–H groups in total. The number of carbonyl (C=O) groups is 1. The minimum absolute atomic E-state index is 0.0716. The van der Waals surface area contributed by atoms with Crippen LogP contribution in [0.1, 0.15) is 80.6 Å². The quantitative estimate of drug-likeness (QED) is 0.630. The minimum atomic E-state index is -0.311. The molecule has 2 aromatic carbocycles. The van der Waals surface area contributed by atoms with E-state index in [0.717, 1.165) is 28.7 Å². The largest absolute Gasteiger partial charge is 0.507 e. The van der Waals surface area contributed by atoms with Gasteiger partial charge < -0.3 is 19.5 Å². The summed E-state index contributed by atoms with van der Waals surface area (Å²) in [5.74, 6) is 1.87. The number of nitrogens with one attached hydrogen (secondary N) is 1. The molecule has 0 bridgehead atoms. The standard InChI is InChI=1S/C27H34N2O4/c1-26(2,3)19-10-16(11-20(24(19)31)27(4,5)6)21(30)15-29-14-17-12-22-23(13-18(17)25(29)28)33-9-7-8-32-22/h10-13,28,31H,7-9,14-15H2,1-6H3. The molecule has 0 amide bonds. The molecule has 0 radical (unpaired) electrons. The summed E-state index contributed by atoms with van der Waals surface area (Å²) in [6, 6.07) is 7.41. The van der Waals surface area contributed by atoms with Gasteiger partial charge in [-0.1, -0.05) is 41.5 Å². The molecule has 33 heavy (non-hydrogen) atoms.